The Morgan fingerprint density at radius 1 is 1.03 bits per heavy atom. The summed E-state index contributed by atoms with van der Waals surface area (Å²) in [7, 11) is 0. The van der Waals surface area contributed by atoms with E-state index in [9.17, 15) is 4.39 Å². The molecule has 5 aromatic rings. The van der Waals surface area contributed by atoms with Gasteiger partial charge in [-0.15, -0.1) is 0 Å². The van der Waals surface area contributed by atoms with E-state index in [-0.39, 0.29) is 10.9 Å². The van der Waals surface area contributed by atoms with Crippen molar-refractivity contribution in [1.82, 2.24) is 25.1 Å². The van der Waals surface area contributed by atoms with Crippen molar-refractivity contribution in [2.75, 3.05) is 36.5 Å². The van der Waals surface area contributed by atoms with E-state index in [1.54, 1.807) is 6.20 Å². The fourth-order valence-electron chi connectivity index (χ4n) is 5.11. The fraction of sp³-hybridized carbons (Fsp3) is 0.241. The molecule has 8 nitrogen and oxygen atoms in total. The topological polar surface area (TPSA) is 91.9 Å². The van der Waals surface area contributed by atoms with Crippen LogP contribution in [-0.4, -0.2) is 51.5 Å². The normalized spacial score (nSPS) is 13.7. The molecule has 0 amide bonds. The summed E-state index contributed by atoms with van der Waals surface area (Å²) in [6.45, 7) is 8.39. The highest BCUT2D eigenvalue weighted by atomic mass is 19.1. The molecule has 198 valence electrons. The summed E-state index contributed by atoms with van der Waals surface area (Å²) in [6.07, 6.45) is 3.48. The SMILES string of the molecule is Cc1n[nH]c(C)c1-c1cnc(N2CCOCC2)cc1Nc1c(C)c(-c2ccccn2)nc2cc(F)cc(F)c12. The molecule has 1 aliphatic rings. The lowest BCUT2D eigenvalue weighted by Crippen LogP contribution is -2.36. The minimum absolute atomic E-state index is 0.195. The van der Waals surface area contributed by atoms with Crippen molar-refractivity contribution in [3.63, 3.8) is 0 Å². The van der Waals surface area contributed by atoms with Crippen molar-refractivity contribution in [2.24, 2.45) is 0 Å². The molecule has 4 aromatic heterocycles. The molecule has 0 saturated carbocycles. The van der Waals surface area contributed by atoms with Gasteiger partial charge in [0.2, 0.25) is 0 Å². The number of anilines is 3. The van der Waals surface area contributed by atoms with Crippen molar-refractivity contribution < 1.29 is 13.5 Å². The second kappa shape index (κ2) is 10.0. The molecule has 1 saturated heterocycles. The van der Waals surface area contributed by atoms with E-state index in [1.807, 2.05) is 51.2 Å². The zero-order valence-electron chi connectivity index (χ0n) is 21.8. The molecule has 0 unspecified atom stereocenters. The number of hydrogen-bond acceptors (Lipinski definition) is 7. The maximum atomic E-state index is 15.4. The van der Waals surface area contributed by atoms with Gasteiger partial charge in [0.15, 0.2) is 0 Å². The van der Waals surface area contributed by atoms with Gasteiger partial charge in [-0.1, -0.05) is 6.07 Å². The number of fused-ring (bicyclic) bond motifs is 1. The largest absolute Gasteiger partial charge is 0.378 e. The Morgan fingerprint density at radius 2 is 1.85 bits per heavy atom. The quantitative estimate of drug-likeness (QED) is 0.296. The average Bonchev–Trinajstić information content (AvgIpc) is 3.28. The van der Waals surface area contributed by atoms with Gasteiger partial charge in [0, 0.05) is 66.1 Å². The van der Waals surface area contributed by atoms with Gasteiger partial charge in [0.05, 0.1) is 52.6 Å². The minimum atomic E-state index is -0.699. The molecule has 0 bridgehead atoms. The van der Waals surface area contributed by atoms with Crippen LogP contribution in [0.25, 0.3) is 33.4 Å². The molecule has 0 radical (unpaired) electrons. The predicted molar refractivity (Wildman–Crippen MR) is 147 cm³/mol. The Kier molecular flexibility index (Phi) is 6.40. The number of halogens is 2. The maximum Gasteiger partial charge on any atom is 0.137 e. The maximum absolute atomic E-state index is 15.4. The molecule has 0 aliphatic carbocycles. The van der Waals surface area contributed by atoms with E-state index >= 15 is 4.39 Å². The van der Waals surface area contributed by atoms with Crippen LogP contribution in [0.4, 0.5) is 26.0 Å². The van der Waals surface area contributed by atoms with E-state index in [4.69, 9.17) is 9.72 Å². The van der Waals surface area contributed by atoms with Crippen molar-refractivity contribution >= 4 is 28.1 Å². The van der Waals surface area contributed by atoms with Crippen LogP contribution in [0.15, 0.2) is 48.8 Å². The Morgan fingerprint density at radius 3 is 2.56 bits per heavy atom. The first-order chi connectivity index (χ1) is 18.9. The number of aromatic amines is 1. The lowest BCUT2D eigenvalue weighted by atomic mass is 10.0. The number of aromatic nitrogens is 5. The summed E-state index contributed by atoms with van der Waals surface area (Å²) in [5.74, 6) is -0.621. The van der Waals surface area contributed by atoms with Crippen molar-refractivity contribution in [2.45, 2.75) is 20.8 Å². The Hall–Kier alpha value is -4.44. The Bertz CT molecular complexity index is 1660. The Balaban J connectivity index is 1.59. The molecule has 5 heterocycles. The van der Waals surface area contributed by atoms with Gasteiger partial charge >= 0.3 is 0 Å². The minimum Gasteiger partial charge on any atom is -0.378 e. The highest BCUT2D eigenvalue weighted by Gasteiger charge is 2.22. The van der Waals surface area contributed by atoms with Crippen molar-refractivity contribution in [3.05, 3.63) is 77.4 Å². The van der Waals surface area contributed by atoms with Crippen LogP contribution in [-0.2, 0) is 4.74 Å². The zero-order valence-corrected chi connectivity index (χ0v) is 21.8. The number of pyridine rings is 3. The summed E-state index contributed by atoms with van der Waals surface area (Å²) in [6, 6.07) is 9.57. The fourth-order valence-corrected chi connectivity index (χ4v) is 5.11. The van der Waals surface area contributed by atoms with E-state index in [2.05, 4.69) is 30.4 Å². The van der Waals surface area contributed by atoms with E-state index in [1.165, 1.54) is 6.07 Å². The second-order valence-electron chi connectivity index (χ2n) is 9.58. The van der Waals surface area contributed by atoms with E-state index in [0.717, 1.165) is 34.4 Å². The number of nitrogens with zero attached hydrogens (tertiary/aromatic N) is 5. The first-order valence-electron chi connectivity index (χ1n) is 12.7. The van der Waals surface area contributed by atoms with Crippen molar-refractivity contribution in [3.8, 4) is 22.5 Å². The first-order valence-corrected chi connectivity index (χ1v) is 12.7. The number of morpholine rings is 1. The molecular weight excluding hydrogens is 500 g/mol. The third-order valence-electron chi connectivity index (χ3n) is 7.04. The number of rotatable bonds is 5. The number of aryl methyl sites for hydroxylation is 2. The van der Waals surface area contributed by atoms with E-state index in [0.29, 0.717) is 54.6 Å². The highest BCUT2D eigenvalue weighted by Crippen LogP contribution is 2.40. The molecule has 39 heavy (non-hydrogen) atoms. The summed E-state index contributed by atoms with van der Waals surface area (Å²) < 4.78 is 35.3. The van der Waals surface area contributed by atoms with Gasteiger partial charge in [-0.3, -0.25) is 10.1 Å². The molecule has 6 rings (SSSR count). The van der Waals surface area contributed by atoms with Gasteiger partial charge in [0.1, 0.15) is 17.5 Å². The molecule has 0 spiro atoms. The van der Waals surface area contributed by atoms with Gasteiger partial charge in [-0.05, 0) is 32.9 Å². The lowest BCUT2D eigenvalue weighted by molar-refractivity contribution is 0.122. The van der Waals surface area contributed by atoms with Gasteiger partial charge < -0.3 is 15.0 Å². The number of H-pyrrole nitrogens is 1. The van der Waals surface area contributed by atoms with E-state index < -0.39 is 11.6 Å². The number of hydrogen-bond donors (Lipinski definition) is 2. The van der Waals surface area contributed by atoms with Gasteiger partial charge in [0.25, 0.3) is 0 Å². The summed E-state index contributed by atoms with van der Waals surface area (Å²) in [5.41, 5.74) is 6.63. The van der Waals surface area contributed by atoms with Crippen LogP contribution in [0.1, 0.15) is 17.0 Å². The van der Waals surface area contributed by atoms with Crippen LogP contribution in [0.5, 0.6) is 0 Å². The van der Waals surface area contributed by atoms with Gasteiger partial charge in [-0.2, -0.15) is 5.10 Å². The molecule has 2 N–H and O–H groups in total. The van der Waals surface area contributed by atoms with Crippen LogP contribution in [0, 0.1) is 32.4 Å². The third kappa shape index (κ3) is 4.57. The standard InChI is InChI=1S/C29H27F2N7O/c1-16-28(22-6-4-5-7-32-22)35-24-13-19(30)12-21(31)27(24)29(16)34-23-14-25(38-8-10-39-11-9-38)33-15-20(23)26-17(2)36-37-18(26)3/h4-7,12-15H,8-11H2,1-3H3,(H,36,37)(H,33,34,35). The molecular formula is C29H27F2N7O. The summed E-state index contributed by atoms with van der Waals surface area (Å²) in [4.78, 5) is 16.0. The number of ether oxygens (including phenoxy) is 1. The highest BCUT2D eigenvalue weighted by molar-refractivity contribution is 5.99. The average molecular weight is 528 g/mol. The van der Waals surface area contributed by atoms with Crippen LogP contribution >= 0.6 is 0 Å². The zero-order chi connectivity index (χ0) is 27.1. The molecule has 0 atom stereocenters. The molecule has 10 heteroatoms. The van der Waals surface area contributed by atoms with Crippen LogP contribution < -0.4 is 10.2 Å². The first kappa shape index (κ1) is 24.9. The van der Waals surface area contributed by atoms with Crippen LogP contribution in [0.3, 0.4) is 0 Å². The lowest BCUT2D eigenvalue weighted by Gasteiger charge is -2.28. The number of benzene rings is 1. The van der Waals surface area contributed by atoms with Crippen LogP contribution in [0.2, 0.25) is 0 Å². The predicted octanol–water partition coefficient (Wildman–Crippen LogP) is 5.87. The summed E-state index contributed by atoms with van der Waals surface area (Å²) >= 11 is 0. The van der Waals surface area contributed by atoms with Gasteiger partial charge in [-0.25, -0.2) is 18.7 Å². The third-order valence-corrected chi connectivity index (χ3v) is 7.04. The Labute approximate surface area is 224 Å². The molecule has 1 aromatic carbocycles. The smallest absolute Gasteiger partial charge is 0.137 e. The van der Waals surface area contributed by atoms with Crippen molar-refractivity contribution in [1.29, 1.82) is 0 Å². The molecule has 1 aliphatic heterocycles. The number of nitrogens with one attached hydrogen (secondary N) is 2. The molecule has 1 fully saturated rings. The summed E-state index contributed by atoms with van der Waals surface area (Å²) in [5, 5.41) is 11.1. The monoisotopic (exact) mass is 527 g/mol. The second-order valence-corrected chi connectivity index (χ2v) is 9.58.